The van der Waals surface area contributed by atoms with Gasteiger partial charge in [0.05, 0.1) is 25.4 Å². The van der Waals surface area contributed by atoms with Gasteiger partial charge in [-0.05, 0) is 33.1 Å². The van der Waals surface area contributed by atoms with E-state index in [2.05, 4.69) is 20.4 Å². The third-order valence-corrected chi connectivity index (χ3v) is 3.86. The molecule has 0 spiro atoms. The molecule has 6 heteroatoms. The monoisotopic (exact) mass is 287 g/mol. The van der Waals surface area contributed by atoms with Crippen LogP contribution in [-0.4, -0.2) is 31.5 Å². The van der Waals surface area contributed by atoms with E-state index in [-0.39, 0.29) is 12.6 Å². The van der Waals surface area contributed by atoms with E-state index in [0.29, 0.717) is 6.54 Å². The maximum Gasteiger partial charge on any atom is 0.130 e. The number of aryl methyl sites for hydroxylation is 2. The Morgan fingerprint density at radius 1 is 1.38 bits per heavy atom. The van der Waals surface area contributed by atoms with Gasteiger partial charge in [-0.2, -0.15) is 5.10 Å². The van der Waals surface area contributed by atoms with Crippen LogP contribution in [0.1, 0.15) is 41.7 Å². The molecule has 21 heavy (non-hydrogen) atoms. The maximum atomic E-state index is 9.11. The lowest BCUT2D eigenvalue weighted by Crippen LogP contribution is -2.19. The van der Waals surface area contributed by atoms with E-state index in [1.54, 1.807) is 0 Å². The van der Waals surface area contributed by atoms with Crippen LogP contribution in [0.4, 0.5) is 5.82 Å². The molecule has 0 saturated carbocycles. The lowest BCUT2D eigenvalue weighted by atomic mass is 9.93. The molecular formula is C15H21N5O. The van der Waals surface area contributed by atoms with Gasteiger partial charge >= 0.3 is 0 Å². The Balaban J connectivity index is 1.85. The molecule has 2 heterocycles. The first-order chi connectivity index (χ1) is 10.2. The first kappa shape index (κ1) is 14.0. The summed E-state index contributed by atoms with van der Waals surface area (Å²) in [5.74, 6) is 1.65. The van der Waals surface area contributed by atoms with Crippen LogP contribution in [0.3, 0.4) is 0 Å². The van der Waals surface area contributed by atoms with Crippen LogP contribution in [0.25, 0.3) is 0 Å². The number of aliphatic hydroxyl groups is 1. The van der Waals surface area contributed by atoms with Crippen LogP contribution in [0.15, 0.2) is 12.3 Å². The Morgan fingerprint density at radius 2 is 2.24 bits per heavy atom. The Morgan fingerprint density at radius 3 is 3.00 bits per heavy atom. The van der Waals surface area contributed by atoms with E-state index >= 15 is 0 Å². The number of fused-ring (bicyclic) bond motifs is 1. The molecule has 0 aliphatic heterocycles. The van der Waals surface area contributed by atoms with Crippen LogP contribution >= 0.6 is 0 Å². The summed E-state index contributed by atoms with van der Waals surface area (Å²) in [7, 11) is 0. The normalized spacial score (nSPS) is 17.6. The Labute approximate surface area is 124 Å². The number of nitrogens with one attached hydrogen (secondary N) is 1. The van der Waals surface area contributed by atoms with E-state index in [1.165, 1.54) is 11.3 Å². The summed E-state index contributed by atoms with van der Waals surface area (Å²) in [6.45, 7) is 4.57. The minimum atomic E-state index is 0.122. The lowest BCUT2D eigenvalue weighted by Gasteiger charge is -2.24. The first-order valence-corrected chi connectivity index (χ1v) is 7.41. The molecule has 0 aromatic carbocycles. The highest BCUT2D eigenvalue weighted by Crippen LogP contribution is 2.32. The van der Waals surface area contributed by atoms with Gasteiger partial charge in [0.2, 0.25) is 0 Å². The second-order valence-electron chi connectivity index (χ2n) is 5.52. The molecule has 1 aliphatic rings. The molecule has 2 aromatic heterocycles. The van der Waals surface area contributed by atoms with Crippen molar-refractivity contribution < 1.29 is 5.11 Å². The molecule has 0 saturated heterocycles. The topological polar surface area (TPSA) is 75.9 Å². The second-order valence-corrected chi connectivity index (χ2v) is 5.52. The molecule has 0 fully saturated rings. The van der Waals surface area contributed by atoms with E-state index in [4.69, 9.17) is 5.11 Å². The summed E-state index contributed by atoms with van der Waals surface area (Å²) in [5, 5.41) is 17.0. The van der Waals surface area contributed by atoms with Gasteiger partial charge in [-0.3, -0.25) is 4.68 Å². The quantitative estimate of drug-likeness (QED) is 0.896. The van der Waals surface area contributed by atoms with Crippen molar-refractivity contribution in [2.45, 2.75) is 45.7 Å². The zero-order chi connectivity index (χ0) is 14.8. The highest BCUT2D eigenvalue weighted by Gasteiger charge is 2.24. The molecule has 1 unspecified atom stereocenters. The molecule has 2 aromatic rings. The van der Waals surface area contributed by atoms with Crippen molar-refractivity contribution in [1.82, 2.24) is 19.7 Å². The van der Waals surface area contributed by atoms with Gasteiger partial charge in [-0.1, -0.05) is 0 Å². The minimum absolute atomic E-state index is 0.122. The van der Waals surface area contributed by atoms with Crippen molar-refractivity contribution in [2.75, 3.05) is 11.9 Å². The lowest BCUT2D eigenvalue weighted by molar-refractivity contribution is 0.266. The predicted octanol–water partition coefficient (Wildman–Crippen LogP) is 1.77. The smallest absolute Gasteiger partial charge is 0.130 e. The first-order valence-electron chi connectivity index (χ1n) is 7.41. The van der Waals surface area contributed by atoms with Crippen LogP contribution in [0, 0.1) is 13.8 Å². The third kappa shape index (κ3) is 2.90. The van der Waals surface area contributed by atoms with Crippen molar-refractivity contribution in [3.8, 4) is 0 Å². The highest BCUT2D eigenvalue weighted by molar-refractivity contribution is 5.41. The van der Waals surface area contributed by atoms with Crippen molar-refractivity contribution in [2.24, 2.45) is 0 Å². The van der Waals surface area contributed by atoms with Gasteiger partial charge in [-0.15, -0.1) is 0 Å². The average Bonchev–Trinajstić information content (AvgIpc) is 2.83. The van der Waals surface area contributed by atoms with Gasteiger partial charge in [0, 0.05) is 23.0 Å². The fourth-order valence-electron chi connectivity index (χ4n) is 3.03. The number of nitrogens with zero attached hydrogens (tertiary/aromatic N) is 4. The van der Waals surface area contributed by atoms with Crippen molar-refractivity contribution in [3.05, 3.63) is 35.0 Å². The summed E-state index contributed by atoms with van der Waals surface area (Å²) >= 11 is 0. The van der Waals surface area contributed by atoms with Crippen molar-refractivity contribution >= 4 is 5.82 Å². The van der Waals surface area contributed by atoms with Crippen LogP contribution in [0.2, 0.25) is 0 Å². The van der Waals surface area contributed by atoms with Gasteiger partial charge in [0.15, 0.2) is 0 Å². The number of rotatable bonds is 4. The summed E-state index contributed by atoms with van der Waals surface area (Å²) in [5.41, 5.74) is 3.43. The second kappa shape index (κ2) is 5.81. The molecule has 3 rings (SSSR count). The number of anilines is 1. The number of aliphatic hydroxyl groups excluding tert-OH is 1. The molecule has 112 valence electrons. The number of hydrogen-bond donors (Lipinski definition) is 2. The standard InChI is InChI=1S/C15H21N5O/c1-10-8-15(18-11(2)17-10)19-13-4-3-5-14-12(13)9-16-20(14)6-7-21/h8-9,13,21H,3-7H2,1-2H3,(H,17,18,19). The van der Waals surface area contributed by atoms with E-state index in [9.17, 15) is 0 Å². The van der Waals surface area contributed by atoms with Crippen molar-refractivity contribution in [1.29, 1.82) is 0 Å². The molecule has 2 N–H and O–H groups in total. The zero-order valence-electron chi connectivity index (χ0n) is 12.5. The largest absolute Gasteiger partial charge is 0.394 e. The number of aromatic nitrogens is 4. The summed E-state index contributed by atoms with van der Waals surface area (Å²) in [6, 6.07) is 2.20. The minimum Gasteiger partial charge on any atom is -0.394 e. The predicted molar refractivity (Wildman–Crippen MR) is 80.1 cm³/mol. The molecule has 6 nitrogen and oxygen atoms in total. The van der Waals surface area contributed by atoms with Crippen LogP contribution < -0.4 is 5.32 Å². The maximum absolute atomic E-state index is 9.11. The SMILES string of the molecule is Cc1cc(NC2CCCc3c2cnn3CCO)nc(C)n1. The Bertz CT molecular complexity index is 617. The number of hydrogen-bond acceptors (Lipinski definition) is 5. The van der Waals surface area contributed by atoms with E-state index in [0.717, 1.165) is 36.6 Å². The fraction of sp³-hybridized carbons (Fsp3) is 0.533. The molecule has 1 aliphatic carbocycles. The fourth-order valence-corrected chi connectivity index (χ4v) is 3.03. The Hall–Kier alpha value is -1.95. The molecule has 0 radical (unpaired) electrons. The molecular weight excluding hydrogens is 266 g/mol. The summed E-state index contributed by atoms with van der Waals surface area (Å²) < 4.78 is 1.92. The zero-order valence-corrected chi connectivity index (χ0v) is 12.5. The molecule has 1 atom stereocenters. The van der Waals surface area contributed by atoms with E-state index in [1.807, 2.05) is 30.8 Å². The molecule has 0 amide bonds. The van der Waals surface area contributed by atoms with Crippen LogP contribution in [-0.2, 0) is 13.0 Å². The average molecular weight is 287 g/mol. The summed E-state index contributed by atoms with van der Waals surface area (Å²) in [4.78, 5) is 8.76. The highest BCUT2D eigenvalue weighted by atomic mass is 16.3. The van der Waals surface area contributed by atoms with Gasteiger partial charge < -0.3 is 10.4 Å². The van der Waals surface area contributed by atoms with Gasteiger partial charge in [0.25, 0.3) is 0 Å². The third-order valence-electron chi connectivity index (χ3n) is 3.86. The van der Waals surface area contributed by atoms with Gasteiger partial charge in [0.1, 0.15) is 11.6 Å². The van der Waals surface area contributed by atoms with E-state index < -0.39 is 0 Å². The molecule has 0 bridgehead atoms. The van der Waals surface area contributed by atoms with Crippen molar-refractivity contribution in [3.63, 3.8) is 0 Å². The summed E-state index contributed by atoms with van der Waals surface area (Å²) in [6.07, 6.45) is 5.13. The van der Waals surface area contributed by atoms with Gasteiger partial charge in [-0.25, -0.2) is 9.97 Å². The Kier molecular flexibility index (Phi) is 3.88. The van der Waals surface area contributed by atoms with Crippen LogP contribution in [0.5, 0.6) is 0 Å².